The van der Waals surface area contributed by atoms with Gasteiger partial charge in [-0.15, -0.1) is 0 Å². The molecule has 0 fully saturated rings. The van der Waals surface area contributed by atoms with Crippen LogP contribution >= 0.6 is 7.82 Å². The summed E-state index contributed by atoms with van der Waals surface area (Å²) < 4.78 is 33.2. The average molecular weight is 721 g/mol. The number of rotatable bonds is 39. The first-order valence-electron chi connectivity index (χ1n) is 20.2. The molecule has 0 aromatic rings. The molecule has 0 aliphatic rings. The third-order valence-electron chi connectivity index (χ3n) is 8.70. The Bertz CT molecular complexity index is 780. The van der Waals surface area contributed by atoms with Crippen LogP contribution in [0.25, 0.3) is 0 Å². The lowest BCUT2D eigenvalue weighted by Gasteiger charge is -2.20. The van der Waals surface area contributed by atoms with E-state index in [1.165, 1.54) is 128 Å². The molecule has 0 amide bonds. The van der Waals surface area contributed by atoms with E-state index in [0.29, 0.717) is 6.61 Å². The van der Waals surface area contributed by atoms with Crippen molar-refractivity contribution in [3.05, 3.63) is 12.2 Å². The van der Waals surface area contributed by atoms with E-state index in [2.05, 4.69) is 26.0 Å². The molecule has 0 radical (unpaired) electrons. The fourth-order valence-corrected chi connectivity index (χ4v) is 6.37. The first-order valence-corrected chi connectivity index (χ1v) is 21.7. The van der Waals surface area contributed by atoms with Gasteiger partial charge in [0, 0.05) is 13.0 Å². The molecule has 0 saturated heterocycles. The van der Waals surface area contributed by atoms with Crippen molar-refractivity contribution in [1.29, 1.82) is 0 Å². The number of ether oxygens (including phenoxy) is 2. The van der Waals surface area contributed by atoms with Crippen LogP contribution in [0.5, 0.6) is 0 Å². The van der Waals surface area contributed by atoms with Gasteiger partial charge in [-0.05, 0) is 38.5 Å². The predicted molar refractivity (Wildman–Crippen MR) is 201 cm³/mol. The van der Waals surface area contributed by atoms with Crippen LogP contribution in [0.1, 0.15) is 187 Å². The van der Waals surface area contributed by atoms with Crippen molar-refractivity contribution in [2.45, 2.75) is 199 Å². The summed E-state index contributed by atoms with van der Waals surface area (Å²) >= 11 is 0. The summed E-state index contributed by atoms with van der Waals surface area (Å²) in [4.78, 5) is 22.4. The van der Waals surface area contributed by atoms with Crippen molar-refractivity contribution >= 4 is 13.8 Å². The Morgan fingerprint density at radius 3 is 1.53 bits per heavy atom. The zero-order chi connectivity index (χ0) is 36.1. The van der Waals surface area contributed by atoms with Crippen molar-refractivity contribution in [3.8, 4) is 0 Å². The van der Waals surface area contributed by atoms with Gasteiger partial charge in [-0.2, -0.15) is 0 Å². The first kappa shape index (κ1) is 48.2. The van der Waals surface area contributed by atoms with Gasteiger partial charge in [-0.25, -0.2) is 4.57 Å². The van der Waals surface area contributed by atoms with Crippen LogP contribution in [0.15, 0.2) is 12.2 Å². The van der Waals surface area contributed by atoms with E-state index in [-0.39, 0.29) is 25.6 Å². The highest BCUT2D eigenvalue weighted by Gasteiger charge is 2.26. The molecule has 49 heavy (non-hydrogen) atoms. The molecule has 0 heterocycles. The standard InChI is InChI=1S/C39H77O9P/c1-3-5-7-9-11-13-14-15-16-17-18-19-20-21-22-23-24-26-28-30-32-45-35-38(36-47-49(43,44)46-34-37(41)33-40)48-39(42)31-29-27-25-12-10-8-6-4-2/h15-16,37-38,40-41H,3-14,17-36H2,1-2H3,(H,43,44)/b16-15-. The maximum absolute atomic E-state index is 12.5. The van der Waals surface area contributed by atoms with E-state index >= 15 is 0 Å². The topological polar surface area (TPSA) is 132 Å². The molecule has 0 aliphatic heterocycles. The molecule has 0 aromatic carbocycles. The molecule has 0 aliphatic carbocycles. The number of aliphatic hydroxyl groups is 2. The van der Waals surface area contributed by atoms with Crippen LogP contribution in [-0.2, 0) is 27.9 Å². The van der Waals surface area contributed by atoms with Gasteiger partial charge in [0.15, 0.2) is 0 Å². The van der Waals surface area contributed by atoms with Gasteiger partial charge < -0.3 is 24.6 Å². The Morgan fingerprint density at radius 1 is 0.612 bits per heavy atom. The molecule has 0 aromatic heterocycles. The lowest BCUT2D eigenvalue weighted by Crippen LogP contribution is -2.29. The third-order valence-corrected chi connectivity index (χ3v) is 9.65. The van der Waals surface area contributed by atoms with E-state index in [1.807, 2.05) is 0 Å². The van der Waals surface area contributed by atoms with Crippen molar-refractivity contribution < 1.29 is 43.0 Å². The van der Waals surface area contributed by atoms with Gasteiger partial charge in [0.05, 0.1) is 26.4 Å². The van der Waals surface area contributed by atoms with Crippen molar-refractivity contribution in [2.24, 2.45) is 0 Å². The number of phosphoric acid groups is 1. The first-order chi connectivity index (χ1) is 23.8. The highest BCUT2D eigenvalue weighted by atomic mass is 31.2. The Morgan fingerprint density at radius 2 is 1.04 bits per heavy atom. The van der Waals surface area contributed by atoms with Crippen molar-refractivity contribution in [1.82, 2.24) is 0 Å². The van der Waals surface area contributed by atoms with Crippen molar-refractivity contribution in [2.75, 3.05) is 33.0 Å². The summed E-state index contributed by atoms with van der Waals surface area (Å²) in [6.07, 6.45) is 34.7. The maximum Gasteiger partial charge on any atom is 0.472 e. The van der Waals surface area contributed by atoms with Crippen LogP contribution in [0, 0.1) is 0 Å². The van der Waals surface area contributed by atoms with Crippen LogP contribution in [-0.4, -0.2) is 66.3 Å². The molecule has 292 valence electrons. The second-order valence-electron chi connectivity index (χ2n) is 13.7. The van der Waals surface area contributed by atoms with Gasteiger partial charge in [0.1, 0.15) is 12.2 Å². The number of phosphoric ester groups is 1. The molecule has 3 atom stereocenters. The van der Waals surface area contributed by atoms with E-state index in [0.717, 1.165) is 38.5 Å². The highest BCUT2D eigenvalue weighted by Crippen LogP contribution is 2.43. The number of allylic oxidation sites excluding steroid dienone is 2. The summed E-state index contributed by atoms with van der Waals surface area (Å²) in [6, 6.07) is 0. The largest absolute Gasteiger partial charge is 0.472 e. The second-order valence-corrected chi connectivity index (χ2v) is 15.1. The maximum atomic E-state index is 12.5. The summed E-state index contributed by atoms with van der Waals surface area (Å²) in [6.45, 7) is 3.49. The molecular formula is C39H77O9P. The van der Waals surface area contributed by atoms with Crippen LogP contribution in [0.2, 0.25) is 0 Å². The van der Waals surface area contributed by atoms with E-state index in [4.69, 9.17) is 23.6 Å². The van der Waals surface area contributed by atoms with Crippen LogP contribution in [0.4, 0.5) is 0 Å². The minimum absolute atomic E-state index is 0.0529. The Labute approximate surface area is 300 Å². The van der Waals surface area contributed by atoms with E-state index in [1.54, 1.807) is 0 Å². The molecule has 3 N–H and O–H groups in total. The number of hydrogen-bond acceptors (Lipinski definition) is 8. The number of aliphatic hydroxyl groups excluding tert-OH is 2. The summed E-state index contributed by atoms with van der Waals surface area (Å²) in [5.74, 6) is -0.386. The Hall–Kier alpha value is -0.800. The molecule has 0 bridgehead atoms. The van der Waals surface area contributed by atoms with Gasteiger partial charge in [0.2, 0.25) is 0 Å². The highest BCUT2D eigenvalue weighted by molar-refractivity contribution is 7.47. The Balaban J connectivity index is 4.04. The zero-order valence-corrected chi connectivity index (χ0v) is 32.6. The van der Waals surface area contributed by atoms with Crippen LogP contribution in [0.3, 0.4) is 0 Å². The monoisotopic (exact) mass is 721 g/mol. The molecule has 10 heteroatoms. The predicted octanol–water partition coefficient (Wildman–Crippen LogP) is 10.5. The van der Waals surface area contributed by atoms with E-state index < -0.39 is 33.2 Å². The fraction of sp³-hybridized carbons (Fsp3) is 0.923. The fourth-order valence-electron chi connectivity index (χ4n) is 5.59. The summed E-state index contributed by atoms with van der Waals surface area (Å²) in [7, 11) is -4.50. The molecular weight excluding hydrogens is 643 g/mol. The molecule has 0 spiro atoms. The normalized spacial score (nSPS) is 14.3. The van der Waals surface area contributed by atoms with Crippen LogP contribution < -0.4 is 0 Å². The third kappa shape index (κ3) is 36.8. The molecule has 3 unspecified atom stereocenters. The quantitative estimate of drug-likeness (QED) is 0.0246. The van der Waals surface area contributed by atoms with E-state index in [9.17, 15) is 19.4 Å². The number of esters is 1. The average Bonchev–Trinajstić information content (AvgIpc) is 3.09. The Kier molecular flexibility index (Phi) is 36.4. The smallest absolute Gasteiger partial charge is 0.457 e. The minimum Gasteiger partial charge on any atom is -0.457 e. The summed E-state index contributed by atoms with van der Waals surface area (Å²) in [5.41, 5.74) is 0. The summed E-state index contributed by atoms with van der Waals surface area (Å²) in [5, 5.41) is 18.3. The van der Waals surface area contributed by atoms with Gasteiger partial charge in [0.25, 0.3) is 0 Å². The van der Waals surface area contributed by atoms with Gasteiger partial charge in [-0.1, -0.05) is 154 Å². The number of hydrogen-bond donors (Lipinski definition) is 3. The van der Waals surface area contributed by atoms with Crippen molar-refractivity contribution in [3.63, 3.8) is 0 Å². The lowest BCUT2D eigenvalue weighted by atomic mass is 10.1. The molecule has 0 saturated carbocycles. The molecule has 0 rings (SSSR count). The molecule has 9 nitrogen and oxygen atoms in total. The number of carbonyl (C=O) groups excluding carboxylic acids is 1. The lowest BCUT2D eigenvalue weighted by molar-refractivity contribution is -0.154. The second kappa shape index (κ2) is 37.0. The van der Waals surface area contributed by atoms with Gasteiger partial charge in [-0.3, -0.25) is 13.8 Å². The number of carbonyl (C=O) groups is 1. The zero-order valence-electron chi connectivity index (χ0n) is 31.7. The van der Waals surface area contributed by atoms with Gasteiger partial charge >= 0.3 is 13.8 Å². The minimum atomic E-state index is -4.50. The number of unbranched alkanes of at least 4 members (excludes halogenated alkanes) is 23. The SMILES string of the molecule is CCCCCCCC/C=C\CCCCCCCCCCCCOCC(COP(=O)(O)OCC(O)CO)OC(=O)CCCCCCCCCC.